The maximum absolute atomic E-state index is 12.0. The molecule has 0 bridgehead atoms. The number of rotatable bonds is 4. The van der Waals surface area contributed by atoms with Crippen LogP contribution in [0.4, 0.5) is 5.13 Å². The highest BCUT2D eigenvalue weighted by Crippen LogP contribution is 2.20. The number of aromatic nitrogens is 3. The van der Waals surface area contributed by atoms with E-state index in [1.165, 1.54) is 23.7 Å². The van der Waals surface area contributed by atoms with Gasteiger partial charge in [-0.2, -0.15) is 0 Å². The van der Waals surface area contributed by atoms with Gasteiger partial charge in [-0.25, -0.2) is 0 Å². The van der Waals surface area contributed by atoms with Crippen LogP contribution in [-0.2, 0) is 6.42 Å². The number of hydrogen-bond donors (Lipinski definition) is 1. The second-order valence-electron chi connectivity index (χ2n) is 4.41. The number of nitrogens with zero attached hydrogens (tertiary/aromatic N) is 3. The SMILES string of the molecule is CC(C)Cc1nnc(NC(=O)c2ccncc2Cl)s1. The zero-order valence-electron chi connectivity index (χ0n) is 10.6. The number of halogens is 1. The summed E-state index contributed by atoms with van der Waals surface area (Å²) in [6.45, 7) is 4.22. The Kier molecular flexibility index (Phi) is 4.44. The van der Waals surface area contributed by atoms with Crippen LogP contribution in [0.25, 0.3) is 0 Å². The Bertz CT molecular complexity index is 585. The highest BCUT2D eigenvalue weighted by atomic mass is 35.5. The molecular formula is C12H13ClN4OS. The Morgan fingerprint density at radius 3 is 2.95 bits per heavy atom. The van der Waals surface area contributed by atoms with E-state index in [4.69, 9.17) is 11.6 Å². The lowest BCUT2D eigenvalue weighted by atomic mass is 10.1. The van der Waals surface area contributed by atoms with Gasteiger partial charge >= 0.3 is 0 Å². The number of carbonyl (C=O) groups is 1. The summed E-state index contributed by atoms with van der Waals surface area (Å²) in [4.78, 5) is 15.8. The van der Waals surface area contributed by atoms with E-state index >= 15 is 0 Å². The van der Waals surface area contributed by atoms with Gasteiger partial charge in [0.05, 0.1) is 10.6 Å². The predicted molar refractivity (Wildman–Crippen MR) is 75.7 cm³/mol. The third kappa shape index (κ3) is 3.71. The molecule has 100 valence electrons. The van der Waals surface area contributed by atoms with Gasteiger partial charge in [0.1, 0.15) is 5.01 Å². The van der Waals surface area contributed by atoms with E-state index in [-0.39, 0.29) is 5.91 Å². The van der Waals surface area contributed by atoms with Crippen LogP contribution in [0.5, 0.6) is 0 Å². The van der Waals surface area contributed by atoms with Gasteiger partial charge < -0.3 is 0 Å². The summed E-state index contributed by atoms with van der Waals surface area (Å²) < 4.78 is 0. The molecule has 1 amide bonds. The van der Waals surface area contributed by atoms with Gasteiger partial charge in [0, 0.05) is 18.8 Å². The molecule has 2 rings (SSSR count). The second-order valence-corrected chi connectivity index (χ2v) is 5.88. The Balaban J connectivity index is 2.07. The van der Waals surface area contributed by atoms with Crippen molar-refractivity contribution in [3.63, 3.8) is 0 Å². The molecule has 2 heterocycles. The highest BCUT2D eigenvalue weighted by molar-refractivity contribution is 7.15. The Morgan fingerprint density at radius 1 is 1.47 bits per heavy atom. The lowest BCUT2D eigenvalue weighted by molar-refractivity contribution is 0.102. The summed E-state index contributed by atoms with van der Waals surface area (Å²) in [5.74, 6) is 0.200. The molecule has 0 saturated carbocycles. The molecule has 1 N–H and O–H groups in total. The molecule has 0 aliphatic heterocycles. The summed E-state index contributed by atoms with van der Waals surface area (Å²) in [7, 11) is 0. The van der Waals surface area contributed by atoms with Crippen molar-refractivity contribution in [2.75, 3.05) is 5.32 Å². The molecule has 5 nitrogen and oxygen atoms in total. The van der Waals surface area contributed by atoms with Crippen molar-refractivity contribution in [1.82, 2.24) is 15.2 Å². The normalized spacial score (nSPS) is 10.7. The average Bonchev–Trinajstić information content (AvgIpc) is 2.76. The van der Waals surface area contributed by atoms with Gasteiger partial charge in [-0.3, -0.25) is 15.1 Å². The molecule has 0 aliphatic rings. The predicted octanol–water partition coefficient (Wildman–Crippen LogP) is 3.04. The van der Waals surface area contributed by atoms with E-state index in [0.717, 1.165) is 11.4 Å². The van der Waals surface area contributed by atoms with Gasteiger partial charge in [0.2, 0.25) is 5.13 Å². The number of nitrogens with one attached hydrogen (secondary N) is 1. The molecule has 19 heavy (non-hydrogen) atoms. The topological polar surface area (TPSA) is 67.8 Å². The van der Waals surface area contributed by atoms with Gasteiger partial charge in [-0.1, -0.05) is 36.8 Å². The minimum Gasteiger partial charge on any atom is -0.296 e. The minimum atomic E-state index is -0.306. The van der Waals surface area contributed by atoms with Crippen molar-refractivity contribution >= 4 is 34.0 Å². The quantitative estimate of drug-likeness (QED) is 0.941. The molecule has 0 radical (unpaired) electrons. The van der Waals surface area contributed by atoms with Crippen LogP contribution in [0.3, 0.4) is 0 Å². The molecule has 0 fully saturated rings. The lowest BCUT2D eigenvalue weighted by Gasteiger charge is -2.02. The summed E-state index contributed by atoms with van der Waals surface area (Å²) in [6, 6.07) is 1.56. The smallest absolute Gasteiger partial charge is 0.259 e. The van der Waals surface area contributed by atoms with Crippen LogP contribution in [-0.4, -0.2) is 21.1 Å². The third-order valence-electron chi connectivity index (χ3n) is 2.29. The van der Waals surface area contributed by atoms with E-state index < -0.39 is 0 Å². The Morgan fingerprint density at radius 2 is 2.26 bits per heavy atom. The van der Waals surface area contributed by atoms with Crippen LogP contribution in [0, 0.1) is 5.92 Å². The number of hydrogen-bond acceptors (Lipinski definition) is 5. The molecule has 0 unspecified atom stereocenters. The maximum atomic E-state index is 12.0. The number of pyridine rings is 1. The van der Waals surface area contributed by atoms with Crippen LogP contribution in [0.1, 0.15) is 29.2 Å². The maximum Gasteiger partial charge on any atom is 0.259 e. The molecule has 2 aromatic rings. The molecule has 0 aromatic carbocycles. The van der Waals surface area contributed by atoms with E-state index in [9.17, 15) is 4.79 Å². The zero-order chi connectivity index (χ0) is 13.8. The lowest BCUT2D eigenvalue weighted by Crippen LogP contribution is -2.12. The van der Waals surface area contributed by atoms with Crippen molar-refractivity contribution in [2.45, 2.75) is 20.3 Å². The minimum absolute atomic E-state index is 0.306. The molecule has 0 saturated heterocycles. The standard InChI is InChI=1S/C12H13ClN4OS/c1-7(2)5-10-16-17-12(19-10)15-11(18)8-3-4-14-6-9(8)13/h3-4,6-7H,5H2,1-2H3,(H,15,17,18). The van der Waals surface area contributed by atoms with Crippen LogP contribution in [0.15, 0.2) is 18.5 Å². The molecule has 2 aromatic heterocycles. The first-order valence-electron chi connectivity index (χ1n) is 5.79. The molecule has 0 spiro atoms. The fourth-order valence-electron chi connectivity index (χ4n) is 1.46. The molecule has 7 heteroatoms. The number of anilines is 1. The van der Waals surface area contributed by atoms with E-state index in [0.29, 0.717) is 21.6 Å². The van der Waals surface area contributed by atoms with E-state index in [1.54, 1.807) is 6.07 Å². The van der Waals surface area contributed by atoms with Crippen molar-refractivity contribution in [3.8, 4) is 0 Å². The first-order chi connectivity index (χ1) is 9.06. The Hall–Kier alpha value is -1.53. The summed E-state index contributed by atoms with van der Waals surface area (Å²) in [6.07, 6.45) is 3.80. The highest BCUT2D eigenvalue weighted by Gasteiger charge is 2.13. The number of carbonyl (C=O) groups excluding carboxylic acids is 1. The second kappa shape index (κ2) is 6.08. The fraction of sp³-hybridized carbons (Fsp3) is 0.333. The zero-order valence-corrected chi connectivity index (χ0v) is 12.1. The summed E-state index contributed by atoms with van der Waals surface area (Å²) >= 11 is 7.28. The average molecular weight is 297 g/mol. The van der Waals surface area contributed by atoms with E-state index in [2.05, 4.69) is 34.3 Å². The molecule has 0 aliphatic carbocycles. The fourth-order valence-corrected chi connectivity index (χ4v) is 2.61. The van der Waals surface area contributed by atoms with Crippen LogP contribution < -0.4 is 5.32 Å². The largest absolute Gasteiger partial charge is 0.296 e. The molecule has 0 atom stereocenters. The first-order valence-corrected chi connectivity index (χ1v) is 6.99. The van der Waals surface area contributed by atoms with Gasteiger partial charge in [0.25, 0.3) is 5.91 Å². The van der Waals surface area contributed by atoms with Gasteiger partial charge in [-0.05, 0) is 12.0 Å². The van der Waals surface area contributed by atoms with Crippen LogP contribution in [0.2, 0.25) is 5.02 Å². The number of amides is 1. The first kappa shape index (κ1) is 13.9. The summed E-state index contributed by atoms with van der Waals surface area (Å²) in [5.41, 5.74) is 0.372. The monoisotopic (exact) mass is 296 g/mol. The van der Waals surface area contributed by atoms with Crippen molar-refractivity contribution in [2.24, 2.45) is 5.92 Å². The van der Waals surface area contributed by atoms with Gasteiger partial charge in [-0.15, -0.1) is 10.2 Å². The van der Waals surface area contributed by atoms with Gasteiger partial charge in [0.15, 0.2) is 0 Å². The van der Waals surface area contributed by atoms with Crippen LogP contribution >= 0.6 is 22.9 Å². The van der Waals surface area contributed by atoms with E-state index in [1.807, 2.05) is 0 Å². The van der Waals surface area contributed by atoms with Crippen molar-refractivity contribution in [1.29, 1.82) is 0 Å². The Labute approximate surface area is 120 Å². The van der Waals surface area contributed by atoms with Crippen molar-refractivity contribution < 1.29 is 4.79 Å². The van der Waals surface area contributed by atoms with Crippen molar-refractivity contribution in [3.05, 3.63) is 34.1 Å². The summed E-state index contributed by atoms with van der Waals surface area (Å²) in [5, 5.41) is 12.4. The molecular weight excluding hydrogens is 284 g/mol. The third-order valence-corrected chi connectivity index (χ3v) is 3.45.